The van der Waals surface area contributed by atoms with Gasteiger partial charge in [0.2, 0.25) is 5.75 Å². The topological polar surface area (TPSA) is 120 Å². The monoisotopic (exact) mass is 558 g/mol. The number of benzene rings is 3. The first-order valence-corrected chi connectivity index (χ1v) is 11.8. The molecule has 0 saturated carbocycles. The van der Waals surface area contributed by atoms with E-state index >= 15 is 0 Å². The van der Waals surface area contributed by atoms with Crippen molar-refractivity contribution in [1.29, 1.82) is 0 Å². The quantitative estimate of drug-likeness (QED) is 0.154. The van der Waals surface area contributed by atoms with Gasteiger partial charge in [-0.3, -0.25) is 4.79 Å². The molecule has 0 spiro atoms. The Labute approximate surface area is 266 Å². The molecule has 38 heavy (non-hydrogen) atoms. The van der Waals surface area contributed by atoms with Crippen LogP contribution in [-0.4, -0.2) is 48.9 Å². The maximum Gasteiger partial charge on any atom is 1.00 e. The van der Waals surface area contributed by atoms with Gasteiger partial charge < -0.3 is 28.8 Å². The van der Waals surface area contributed by atoms with Gasteiger partial charge in [0.05, 0.1) is 46.1 Å². The van der Waals surface area contributed by atoms with Crippen molar-refractivity contribution >= 4 is 40.1 Å². The number of allylic oxidation sites excluding steroid dienone is 1. The molecule has 0 radical (unpaired) electrons. The van der Waals surface area contributed by atoms with Crippen LogP contribution in [0.2, 0.25) is 0 Å². The summed E-state index contributed by atoms with van der Waals surface area (Å²) in [7, 11) is 5.95. The first kappa shape index (κ1) is 29.7. The molecule has 0 saturated heterocycles. The maximum atomic E-state index is 13.8. The number of Topliss-reactive ketones (excluding diaryl/α,β-unsaturated/α-hetero) is 1. The van der Waals surface area contributed by atoms with Crippen molar-refractivity contribution in [2.45, 2.75) is 6.42 Å². The molecule has 4 rings (SSSR count). The Bertz CT molecular complexity index is 1470. The summed E-state index contributed by atoms with van der Waals surface area (Å²) in [6.07, 6.45) is -0.0573. The predicted octanol–water partition coefficient (Wildman–Crippen LogP) is 0.359. The molecular formula is C27H23KN2O7S. The molecule has 0 atom stereocenters. The smallest absolute Gasteiger partial charge is 0.545 e. The van der Waals surface area contributed by atoms with E-state index < -0.39 is 11.8 Å². The van der Waals surface area contributed by atoms with E-state index in [0.29, 0.717) is 45.2 Å². The molecule has 0 aliphatic carbocycles. The number of carbonyl (C=O) groups excluding carboxylic acids is 2. The number of hydrogen-bond donors (Lipinski definition) is 0. The second-order valence-electron chi connectivity index (χ2n) is 7.88. The fourth-order valence-electron chi connectivity index (χ4n) is 3.99. The number of ether oxygens (including phenoxy) is 4. The predicted molar refractivity (Wildman–Crippen MR) is 136 cm³/mol. The molecule has 3 aromatic carbocycles. The van der Waals surface area contributed by atoms with E-state index in [1.807, 2.05) is 0 Å². The summed E-state index contributed by atoms with van der Waals surface area (Å²) in [5, 5.41) is 12.5. The number of ketones is 1. The van der Waals surface area contributed by atoms with Gasteiger partial charge in [-0.05, 0) is 59.7 Å². The van der Waals surface area contributed by atoms with Crippen LogP contribution in [0.5, 0.6) is 23.0 Å². The van der Waals surface area contributed by atoms with E-state index in [1.54, 1.807) is 54.6 Å². The number of fused-ring (bicyclic) bond motifs is 1. The maximum absolute atomic E-state index is 13.8. The van der Waals surface area contributed by atoms with Crippen LogP contribution in [0.3, 0.4) is 0 Å². The Balaban J connectivity index is 0.00000400. The van der Waals surface area contributed by atoms with Crippen molar-refractivity contribution < 1.29 is 85.0 Å². The molecule has 0 fully saturated rings. The minimum Gasteiger partial charge on any atom is -0.545 e. The minimum absolute atomic E-state index is 0. The van der Waals surface area contributed by atoms with Gasteiger partial charge >= 0.3 is 51.4 Å². The van der Waals surface area contributed by atoms with E-state index in [0.717, 1.165) is 11.7 Å². The van der Waals surface area contributed by atoms with Crippen molar-refractivity contribution in [2.75, 3.05) is 28.4 Å². The zero-order valence-electron chi connectivity index (χ0n) is 21.6. The van der Waals surface area contributed by atoms with Gasteiger partial charge in [-0.15, -0.1) is 0 Å². The van der Waals surface area contributed by atoms with E-state index in [4.69, 9.17) is 18.9 Å². The summed E-state index contributed by atoms with van der Waals surface area (Å²) in [5.41, 5.74) is 2.06. The standard InChI is InChI=1S/C27H24N2O7S.K/c1-33-18-8-5-16(6-9-18)25(30)19(11-15-12-22(34-2)26(36-4)23(13-15)35-3)24(27(31)32)17-7-10-20-21(14-17)29-37-28-20;/h5-10,12-14H,11H2,1-4H3,(H,31,32);/q;+1/p-1/b24-19+;. The third kappa shape index (κ3) is 6.25. The van der Waals surface area contributed by atoms with Crippen LogP contribution in [0.15, 0.2) is 60.2 Å². The van der Waals surface area contributed by atoms with Gasteiger partial charge in [-0.1, -0.05) is 6.07 Å². The summed E-state index contributed by atoms with van der Waals surface area (Å²) in [6, 6.07) is 14.6. The number of aliphatic carboxylic acids is 1. The summed E-state index contributed by atoms with van der Waals surface area (Å²) < 4.78 is 29.8. The third-order valence-corrected chi connectivity index (χ3v) is 6.34. The molecule has 0 aliphatic heterocycles. The van der Waals surface area contributed by atoms with Crippen LogP contribution in [0.4, 0.5) is 0 Å². The average molecular weight is 559 g/mol. The van der Waals surface area contributed by atoms with Gasteiger partial charge in [-0.2, -0.15) is 8.75 Å². The summed E-state index contributed by atoms with van der Waals surface area (Å²) in [6.45, 7) is 0. The van der Waals surface area contributed by atoms with Crippen LogP contribution < -0.4 is 75.4 Å². The zero-order valence-corrected chi connectivity index (χ0v) is 25.5. The Hall–Kier alpha value is -2.80. The van der Waals surface area contributed by atoms with Gasteiger partial charge in [0.25, 0.3) is 0 Å². The normalized spacial score (nSPS) is 11.3. The molecule has 0 amide bonds. The van der Waals surface area contributed by atoms with Gasteiger partial charge in [-0.25, -0.2) is 0 Å². The molecule has 1 heterocycles. The number of methoxy groups -OCH3 is 4. The number of rotatable bonds is 10. The molecule has 0 aliphatic rings. The number of carboxylic acid groups (broad SMARTS) is 1. The molecule has 4 aromatic rings. The molecule has 0 bridgehead atoms. The van der Waals surface area contributed by atoms with E-state index in [2.05, 4.69) is 8.75 Å². The van der Waals surface area contributed by atoms with Crippen LogP contribution in [0, 0.1) is 0 Å². The molecule has 0 N–H and O–H groups in total. The second-order valence-corrected chi connectivity index (χ2v) is 8.41. The largest absolute Gasteiger partial charge is 1.00 e. The first-order chi connectivity index (χ1) is 17.9. The Morgan fingerprint density at radius 1 is 0.789 bits per heavy atom. The number of aromatic nitrogens is 2. The van der Waals surface area contributed by atoms with Crippen molar-refractivity contribution in [3.63, 3.8) is 0 Å². The number of hydrogen-bond acceptors (Lipinski definition) is 10. The van der Waals surface area contributed by atoms with Gasteiger partial charge in [0, 0.05) is 23.1 Å². The van der Waals surface area contributed by atoms with Crippen molar-refractivity contribution in [2.24, 2.45) is 0 Å². The third-order valence-electron chi connectivity index (χ3n) is 5.78. The van der Waals surface area contributed by atoms with E-state index in [1.165, 1.54) is 28.4 Å². The van der Waals surface area contributed by atoms with Gasteiger partial charge in [0.1, 0.15) is 16.8 Å². The van der Waals surface area contributed by atoms with Crippen molar-refractivity contribution in [1.82, 2.24) is 8.75 Å². The molecular weight excluding hydrogens is 535 g/mol. The van der Waals surface area contributed by atoms with Crippen LogP contribution in [0.1, 0.15) is 21.5 Å². The van der Waals surface area contributed by atoms with E-state index in [-0.39, 0.29) is 74.5 Å². The molecule has 11 heteroatoms. The van der Waals surface area contributed by atoms with Crippen LogP contribution in [-0.2, 0) is 11.2 Å². The molecule has 1 aromatic heterocycles. The van der Waals surface area contributed by atoms with E-state index in [9.17, 15) is 14.7 Å². The van der Waals surface area contributed by atoms with Crippen molar-refractivity contribution in [3.8, 4) is 23.0 Å². The number of carboxylic acids is 1. The Morgan fingerprint density at radius 3 is 1.95 bits per heavy atom. The summed E-state index contributed by atoms with van der Waals surface area (Å²) in [4.78, 5) is 26.4. The number of nitrogens with zero attached hydrogens (tertiary/aromatic N) is 2. The first-order valence-electron chi connectivity index (χ1n) is 11.0. The zero-order chi connectivity index (χ0) is 26.5. The van der Waals surface area contributed by atoms with Crippen LogP contribution >= 0.6 is 11.7 Å². The molecule has 190 valence electrons. The fraction of sp³-hybridized carbons (Fsp3) is 0.185. The second kappa shape index (κ2) is 13.3. The van der Waals surface area contributed by atoms with Crippen molar-refractivity contribution in [3.05, 3.63) is 76.9 Å². The number of carbonyl (C=O) groups is 2. The summed E-state index contributed by atoms with van der Waals surface area (Å²) >= 11 is 1.01. The summed E-state index contributed by atoms with van der Waals surface area (Å²) in [5.74, 6) is -0.286. The van der Waals surface area contributed by atoms with Crippen LogP contribution in [0.25, 0.3) is 16.6 Å². The SMILES string of the molecule is COc1ccc(C(=O)/C(Cc2cc(OC)c(OC)c(OC)c2)=C(/C(=O)[O-])c2ccc3nsnc3c2)cc1.[K+]. The van der Waals surface area contributed by atoms with Gasteiger partial charge in [0.15, 0.2) is 17.3 Å². The Kier molecular flexibility index (Phi) is 10.4. The fourth-order valence-corrected chi connectivity index (χ4v) is 4.51. The Morgan fingerprint density at radius 2 is 1.39 bits per heavy atom. The molecule has 0 unspecified atom stereocenters. The molecule has 9 nitrogen and oxygen atoms in total. The minimum atomic E-state index is -1.49. The average Bonchev–Trinajstić information content (AvgIpc) is 3.39.